The average molecular weight is 269 g/mol. The quantitative estimate of drug-likeness (QED) is 0.499. The van der Waals surface area contributed by atoms with E-state index < -0.39 is 0 Å². The van der Waals surface area contributed by atoms with Gasteiger partial charge in [-0.05, 0) is 11.6 Å². The Morgan fingerprint density at radius 3 is 2.71 bits per heavy atom. The molecule has 8 heteroatoms. The van der Waals surface area contributed by atoms with Crippen molar-refractivity contribution in [3.05, 3.63) is 28.9 Å². The molecule has 0 aromatic carbocycles. The highest BCUT2D eigenvalue weighted by molar-refractivity contribution is 6.35. The second-order valence-electron chi connectivity index (χ2n) is 3.44. The molecule has 3 aromatic rings. The monoisotopic (exact) mass is 268 g/mol. The average Bonchev–Trinajstić information content (AvgIpc) is 2.83. The second kappa shape index (κ2) is 3.68. The van der Waals surface area contributed by atoms with Gasteiger partial charge in [0.1, 0.15) is 5.15 Å². The molecule has 0 N–H and O–H groups in total. The third-order valence-electron chi connectivity index (χ3n) is 2.24. The number of hydrogen-bond donors (Lipinski definition) is 0. The van der Waals surface area contributed by atoms with Crippen LogP contribution in [0.2, 0.25) is 10.4 Å². The molecule has 17 heavy (non-hydrogen) atoms. The molecular weight excluding hydrogens is 263 g/mol. The van der Waals surface area contributed by atoms with Crippen LogP contribution < -0.4 is 0 Å². The first-order valence-corrected chi connectivity index (χ1v) is 5.47. The molecule has 0 radical (unpaired) electrons. The summed E-state index contributed by atoms with van der Waals surface area (Å²) in [5, 5.41) is 9.46. The zero-order chi connectivity index (χ0) is 12.0. The van der Waals surface area contributed by atoms with E-state index in [1.807, 2.05) is 19.3 Å². The van der Waals surface area contributed by atoms with Gasteiger partial charge in [-0.15, -0.1) is 5.10 Å². The molecule has 0 unspecified atom stereocenters. The third-order valence-corrected chi connectivity index (χ3v) is 2.70. The zero-order valence-corrected chi connectivity index (χ0v) is 10.2. The van der Waals surface area contributed by atoms with Crippen LogP contribution in [0.1, 0.15) is 0 Å². The minimum Gasteiger partial charge on any atom is -0.274 e. The zero-order valence-electron chi connectivity index (χ0n) is 8.67. The molecule has 0 spiro atoms. The summed E-state index contributed by atoms with van der Waals surface area (Å²) in [5.74, 6) is 0.678. The Kier molecular flexibility index (Phi) is 2.27. The highest BCUT2D eigenvalue weighted by Crippen LogP contribution is 2.21. The van der Waals surface area contributed by atoms with E-state index in [1.165, 1.54) is 0 Å². The summed E-state index contributed by atoms with van der Waals surface area (Å²) in [6, 6.07) is 1.83. The van der Waals surface area contributed by atoms with E-state index in [0.717, 1.165) is 0 Å². The van der Waals surface area contributed by atoms with E-state index >= 15 is 0 Å². The van der Waals surface area contributed by atoms with Gasteiger partial charge in [0.15, 0.2) is 11.5 Å². The van der Waals surface area contributed by atoms with Crippen LogP contribution in [0.3, 0.4) is 0 Å². The highest BCUT2D eigenvalue weighted by atomic mass is 35.5. The molecule has 0 saturated carbocycles. The van der Waals surface area contributed by atoms with Gasteiger partial charge >= 0.3 is 0 Å². The summed E-state index contributed by atoms with van der Waals surface area (Å²) in [6.07, 6.45) is 3.54. The van der Waals surface area contributed by atoms with Crippen LogP contribution in [0.25, 0.3) is 16.9 Å². The maximum Gasteiger partial charge on any atom is 0.225 e. The molecule has 3 heterocycles. The molecule has 0 saturated heterocycles. The van der Waals surface area contributed by atoms with Crippen LogP contribution in [-0.2, 0) is 7.05 Å². The summed E-state index contributed by atoms with van der Waals surface area (Å²) >= 11 is 11.7. The fraction of sp³-hybridized carbons (Fsp3) is 0.111. The molecule has 0 atom stereocenters. The number of nitrogens with zero attached hydrogens (tertiary/aromatic N) is 6. The number of fused-ring (bicyclic) bond motifs is 1. The number of aromatic nitrogens is 6. The minimum absolute atomic E-state index is 0.0776. The SMILES string of the molecule is Cn1ccc(-n2cc3c(Cl)nc(Cl)nc3n2)n1. The number of aryl methyl sites for hydroxylation is 1. The fourth-order valence-corrected chi connectivity index (χ4v) is 1.91. The van der Waals surface area contributed by atoms with Crippen molar-refractivity contribution in [3.63, 3.8) is 0 Å². The first kappa shape index (κ1) is 10.5. The highest BCUT2D eigenvalue weighted by Gasteiger charge is 2.11. The smallest absolute Gasteiger partial charge is 0.225 e. The lowest BCUT2D eigenvalue weighted by molar-refractivity contribution is 0.733. The van der Waals surface area contributed by atoms with E-state index in [1.54, 1.807) is 15.6 Å². The van der Waals surface area contributed by atoms with Gasteiger partial charge in [-0.2, -0.15) is 10.1 Å². The van der Waals surface area contributed by atoms with Crippen LogP contribution in [0.5, 0.6) is 0 Å². The summed E-state index contributed by atoms with van der Waals surface area (Å²) < 4.78 is 3.27. The van der Waals surface area contributed by atoms with Crippen LogP contribution in [0.15, 0.2) is 18.5 Å². The Labute approximate surface area is 106 Å². The van der Waals surface area contributed by atoms with E-state index in [4.69, 9.17) is 23.2 Å². The normalized spacial score (nSPS) is 11.2. The van der Waals surface area contributed by atoms with Gasteiger partial charge in [0, 0.05) is 25.5 Å². The van der Waals surface area contributed by atoms with Gasteiger partial charge in [0.2, 0.25) is 5.28 Å². The first-order chi connectivity index (χ1) is 8.13. The number of rotatable bonds is 1. The van der Waals surface area contributed by atoms with Gasteiger partial charge in [0.05, 0.1) is 5.39 Å². The molecule has 0 aliphatic heterocycles. The molecule has 0 fully saturated rings. The van der Waals surface area contributed by atoms with Gasteiger partial charge in [-0.1, -0.05) is 11.6 Å². The van der Waals surface area contributed by atoms with Crippen LogP contribution >= 0.6 is 23.2 Å². The Bertz CT molecular complexity index is 701. The van der Waals surface area contributed by atoms with Crippen molar-refractivity contribution in [1.82, 2.24) is 29.5 Å². The second-order valence-corrected chi connectivity index (χ2v) is 4.14. The lowest BCUT2D eigenvalue weighted by Gasteiger charge is -1.92. The predicted molar refractivity (Wildman–Crippen MR) is 63.4 cm³/mol. The van der Waals surface area contributed by atoms with Crippen molar-refractivity contribution >= 4 is 34.2 Å². The molecule has 3 rings (SSSR count). The van der Waals surface area contributed by atoms with Crippen molar-refractivity contribution < 1.29 is 0 Å². The van der Waals surface area contributed by atoms with Crippen molar-refractivity contribution in [2.75, 3.05) is 0 Å². The van der Waals surface area contributed by atoms with Gasteiger partial charge in [-0.3, -0.25) is 4.68 Å². The Balaban J connectivity index is 2.23. The summed E-state index contributed by atoms with van der Waals surface area (Å²) in [5.41, 5.74) is 0.445. The molecule has 0 amide bonds. The number of hydrogen-bond acceptors (Lipinski definition) is 4. The topological polar surface area (TPSA) is 61.4 Å². The van der Waals surface area contributed by atoms with Crippen LogP contribution in [0, 0.1) is 0 Å². The van der Waals surface area contributed by atoms with E-state index in [9.17, 15) is 0 Å². The number of halogens is 2. The molecule has 0 bridgehead atoms. The van der Waals surface area contributed by atoms with Gasteiger partial charge < -0.3 is 0 Å². The molecular formula is C9H6Cl2N6. The van der Waals surface area contributed by atoms with Crippen molar-refractivity contribution in [1.29, 1.82) is 0 Å². The molecule has 3 aromatic heterocycles. The lowest BCUT2D eigenvalue weighted by atomic mass is 10.4. The molecule has 0 aliphatic rings. The van der Waals surface area contributed by atoms with E-state index in [-0.39, 0.29) is 10.4 Å². The van der Waals surface area contributed by atoms with Gasteiger partial charge in [0.25, 0.3) is 0 Å². The summed E-state index contributed by atoms with van der Waals surface area (Å²) in [7, 11) is 1.83. The first-order valence-electron chi connectivity index (χ1n) is 4.72. The minimum atomic E-state index is 0.0776. The maximum absolute atomic E-state index is 5.95. The molecule has 0 aliphatic carbocycles. The van der Waals surface area contributed by atoms with Crippen molar-refractivity contribution in [2.24, 2.45) is 7.05 Å². The van der Waals surface area contributed by atoms with E-state index in [0.29, 0.717) is 16.9 Å². The Hall–Kier alpha value is -1.66. The Morgan fingerprint density at radius 1 is 1.18 bits per heavy atom. The van der Waals surface area contributed by atoms with Crippen LogP contribution in [-0.4, -0.2) is 29.5 Å². The predicted octanol–water partition coefficient (Wildman–Crippen LogP) is 1.86. The van der Waals surface area contributed by atoms with Crippen molar-refractivity contribution in [2.45, 2.75) is 0 Å². The largest absolute Gasteiger partial charge is 0.274 e. The third kappa shape index (κ3) is 1.75. The summed E-state index contributed by atoms with van der Waals surface area (Å²) in [6.45, 7) is 0. The van der Waals surface area contributed by atoms with Crippen molar-refractivity contribution in [3.8, 4) is 5.82 Å². The van der Waals surface area contributed by atoms with E-state index in [2.05, 4.69) is 20.2 Å². The molecule has 86 valence electrons. The standard InChI is InChI=1S/C9H6Cl2N6/c1-16-3-2-6(14-16)17-4-5-7(10)12-9(11)13-8(5)15-17/h2-4H,1H3. The van der Waals surface area contributed by atoms with Crippen LogP contribution in [0.4, 0.5) is 0 Å². The fourth-order valence-electron chi connectivity index (χ4n) is 1.49. The lowest BCUT2D eigenvalue weighted by Crippen LogP contribution is -1.97. The van der Waals surface area contributed by atoms with Gasteiger partial charge in [-0.25, -0.2) is 9.67 Å². The Morgan fingerprint density at radius 2 is 2.00 bits per heavy atom. The summed E-state index contributed by atoms with van der Waals surface area (Å²) in [4.78, 5) is 7.85. The molecule has 6 nitrogen and oxygen atoms in total. The maximum atomic E-state index is 5.95.